The van der Waals surface area contributed by atoms with Gasteiger partial charge in [-0.2, -0.15) is 0 Å². The molecule has 0 bridgehead atoms. The van der Waals surface area contributed by atoms with Crippen molar-refractivity contribution in [2.45, 2.75) is 6.54 Å². The smallest absolute Gasteiger partial charge is 0.248 e. The maximum atomic E-state index is 12.1. The first-order chi connectivity index (χ1) is 11.8. The van der Waals surface area contributed by atoms with E-state index in [9.17, 15) is 4.79 Å². The van der Waals surface area contributed by atoms with Gasteiger partial charge in [0.2, 0.25) is 11.9 Å². The van der Waals surface area contributed by atoms with E-state index in [1.54, 1.807) is 6.20 Å². The van der Waals surface area contributed by atoms with E-state index in [-0.39, 0.29) is 12.5 Å². The predicted molar refractivity (Wildman–Crippen MR) is 90.2 cm³/mol. The zero-order valence-corrected chi connectivity index (χ0v) is 12.7. The van der Waals surface area contributed by atoms with Crippen LogP contribution in [-0.4, -0.2) is 30.9 Å². The first kappa shape index (κ1) is 14.1. The summed E-state index contributed by atoms with van der Waals surface area (Å²) in [6.07, 6.45) is 1.74. The zero-order valence-electron chi connectivity index (χ0n) is 12.7. The van der Waals surface area contributed by atoms with Crippen molar-refractivity contribution in [1.82, 2.24) is 25.0 Å². The minimum absolute atomic E-state index is 0.0663. The molecule has 118 valence electrons. The number of benzene rings is 2. The van der Waals surface area contributed by atoms with Crippen LogP contribution < -0.4 is 5.32 Å². The number of H-pyrrole nitrogens is 1. The van der Waals surface area contributed by atoms with Crippen LogP contribution in [0.15, 0.2) is 60.8 Å². The highest BCUT2D eigenvalue weighted by Crippen LogP contribution is 2.15. The van der Waals surface area contributed by atoms with Gasteiger partial charge >= 0.3 is 0 Å². The van der Waals surface area contributed by atoms with E-state index < -0.39 is 0 Å². The topological polar surface area (TPSA) is 88.5 Å². The second kappa shape index (κ2) is 5.96. The molecular weight excluding hydrogens is 304 g/mol. The van der Waals surface area contributed by atoms with E-state index in [1.807, 2.05) is 54.6 Å². The Bertz CT molecular complexity index is 955. The summed E-state index contributed by atoms with van der Waals surface area (Å²) >= 11 is 0. The zero-order chi connectivity index (χ0) is 16.4. The molecule has 0 unspecified atom stereocenters. The average molecular weight is 318 g/mol. The van der Waals surface area contributed by atoms with E-state index in [4.69, 9.17) is 0 Å². The van der Waals surface area contributed by atoms with Gasteiger partial charge in [0.1, 0.15) is 12.2 Å². The molecule has 0 spiro atoms. The van der Waals surface area contributed by atoms with Crippen molar-refractivity contribution in [3.63, 3.8) is 0 Å². The van der Waals surface area contributed by atoms with Gasteiger partial charge in [-0.1, -0.05) is 47.7 Å². The van der Waals surface area contributed by atoms with Crippen molar-refractivity contribution in [2.24, 2.45) is 0 Å². The molecule has 4 aromatic rings. The monoisotopic (exact) mass is 318 g/mol. The van der Waals surface area contributed by atoms with Gasteiger partial charge in [-0.25, -0.2) is 9.67 Å². The molecule has 2 aromatic heterocycles. The number of aromatic amines is 1. The van der Waals surface area contributed by atoms with E-state index in [2.05, 4.69) is 25.6 Å². The number of imidazole rings is 1. The number of aromatic nitrogens is 5. The first-order valence-corrected chi connectivity index (χ1v) is 7.48. The van der Waals surface area contributed by atoms with Gasteiger partial charge in [-0.15, -0.1) is 5.10 Å². The minimum atomic E-state index is -0.224. The van der Waals surface area contributed by atoms with Gasteiger partial charge in [0, 0.05) is 5.56 Å². The molecule has 2 aromatic carbocycles. The Morgan fingerprint density at radius 1 is 1.08 bits per heavy atom. The summed E-state index contributed by atoms with van der Waals surface area (Å²) < 4.78 is 1.50. The fourth-order valence-corrected chi connectivity index (χ4v) is 2.45. The Hall–Kier alpha value is -3.48. The normalized spacial score (nSPS) is 10.8. The number of para-hydroxylation sites is 2. The van der Waals surface area contributed by atoms with E-state index in [0.29, 0.717) is 5.95 Å². The van der Waals surface area contributed by atoms with Crippen LogP contribution >= 0.6 is 0 Å². The van der Waals surface area contributed by atoms with Crippen molar-refractivity contribution in [2.75, 3.05) is 5.32 Å². The second-order valence-corrected chi connectivity index (χ2v) is 5.32. The fraction of sp³-hybridized carbons (Fsp3) is 0.0588. The molecule has 0 aliphatic carbocycles. The summed E-state index contributed by atoms with van der Waals surface area (Å²) in [7, 11) is 0. The van der Waals surface area contributed by atoms with Gasteiger partial charge in [-0.05, 0) is 12.1 Å². The standard InChI is InChI=1S/C17H14N6O/c24-16(20-17-18-13-8-4-5-9-14(13)19-17)11-23-10-15(21-22-23)12-6-2-1-3-7-12/h1-10H,11H2,(H2,18,19,20,24). The summed E-state index contributed by atoms with van der Waals surface area (Å²) in [5.74, 6) is 0.197. The lowest BCUT2D eigenvalue weighted by Gasteiger charge is -2.00. The van der Waals surface area contributed by atoms with Crippen LogP contribution in [0.3, 0.4) is 0 Å². The minimum Gasteiger partial charge on any atom is -0.324 e. The molecule has 2 heterocycles. The third-order valence-corrected chi connectivity index (χ3v) is 3.56. The highest BCUT2D eigenvalue weighted by Gasteiger charge is 2.10. The molecule has 4 rings (SSSR count). The fourth-order valence-electron chi connectivity index (χ4n) is 2.45. The van der Waals surface area contributed by atoms with Crippen LogP contribution in [0.2, 0.25) is 0 Å². The Balaban J connectivity index is 1.45. The molecule has 7 heteroatoms. The van der Waals surface area contributed by atoms with Crippen LogP contribution in [0.1, 0.15) is 0 Å². The molecule has 0 aliphatic rings. The molecule has 0 saturated heterocycles. The quantitative estimate of drug-likeness (QED) is 0.605. The SMILES string of the molecule is O=C(Cn1cc(-c2ccccc2)nn1)Nc1nc2ccccc2[nH]1. The summed E-state index contributed by atoms with van der Waals surface area (Å²) in [5, 5.41) is 10.8. The number of nitrogens with one attached hydrogen (secondary N) is 2. The molecule has 7 nitrogen and oxygen atoms in total. The number of carbonyl (C=O) groups is 1. The number of amides is 1. The number of hydrogen-bond acceptors (Lipinski definition) is 4. The molecule has 0 fully saturated rings. The van der Waals surface area contributed by atoms with Crippen molar-refractivity contribution >= 4 is 22.9 Å². The van der Waals surface area contributed by atoms with Gasteiger partial charge in [0.05, 0.1) is 17.2 Å². The van der Waals surface area contributed by atoms with Crippen LogP contribution in [0.5, 0.6) is 0 Å². The summed E-state index contributed by atoms with van der Waals surface area (Å²) in [6.45, 7) is 0.0663. The van der Waals surface area contributed by atoms with Gasteiger partial charge in [0.15, 0.2) is 0 Å². The maximum Gasteiger partial charge on any atom is 0.248 e. The van der Waals surface area contributed by atoms with Gasteiger partial charge < -0.3 is 4.98 Å². The summed E-state index contributed by atoms with van der Waals surface area (Å²) in [6, 6.07) is 17.3. The highest BCUT2D eigenvalue weighted by atomic mass is 16.2. The lowest BCUT2D eigenvalue weighted by atomic mass is 10.2. The van der Waals surface area contributed by atoms with Crippen LogP contribution in [0.25, 0.3) is 22.3 Å². The van der Waals surface area contributed by atoms with Gasteiger partial charge in [-0.3, -0.25) is 10.1 Å². The van der Waals surface area contributed by atoms with Crippen molar-refractivity contribution < 1.29 is 4.79 Å². The molecule has 0 aliphatic heterocycles. The Morgan fingerprint density at radius 3 is 2.71 bits per heavy atom. The van der Waals surface area contributed by atoms with E-state index >= 15 is 0 Å². The van der Waals surface area contributed by atoms with Crippen molar-refractivity contribution in [3.05, 3.63) is 60.8 Å². The Labute approximate surface area is 137 Å². The van der Waals surface area contributed by atoms with Crippen LogP contribution in [0, 0.1) is 0 Å². The number of rotatable bonds is 4. The number of hydrogen-bond donors (Lipinski definition) is 2. The van der Waals surface area contributed by atoms with E-state index in [0.717, 1.165) is 22.3 Å². The highest BCUT2D eigenvalue weighted by molar-refractivity contribution is 5.90. The molecule has 0 saturated carbocycles. The number of nitrogens with zero attached hydrogens (tertiary/aromatic N) is 4. The predicted octanol–water partition coefficient (Wildman–Crippen LogP) is 2.46. The number of fused-ring (bicyclic) bond motifs is 1. The van der Waals surface area contributed by atoms with E-state index in [1.165, 1.54) is 4.68 Å². The van der Waals surface area contributed by atoms with Crippen LogP contribution in [0.4, 0.5) is 5.95 Å². The molecular formula is C17H14N6O. The third-order valence-electron chi connectivity index (χ3n) is 3.56. The van der Waals surface area contributed by atoms with Crippen molar-refractivity contribution in [1.29, 1.82) is 0 Å². The first-order valence-electron chi connectivity index (χ1n) is 7.48. The molecule has 0 atom stereocenters. The maximum absolute atomic E-state index is 12.1. The average Bonchev–Trinajstić information content (AvgIpc) is 3.21. The Morgan fingerprint density at radius 2 is 1.88 bits per heavy atom. The summed E-state index contributed by atoms with van der Waals surface area (Å²) in [5.41, 5.74) is 3.37. The molecule has 1 amide bonds. The second-order valence-electron chi connectivity index (χ2n) is 5.32. The molecule has 24 heavy (non-hydrogen) atoms. The molecule has 2 N–H and O–H groups in total. The summed E-state index contributed by atoms with van der Waals surface area (Å²) in [4.78, 5) is 19.5. The van der Waals surface area contributed by atoms with Crippen LogP contribution in [-0.2, 0) is 11.3 Å². The Kier molecular flexibility index (Phi) is 3.51. The lowest BCUT2D eigenvalue weighted by molar-refractivity contribution is -0.117. The molecule has 0 radical (unpaired) electrons. The van der Waals surface area contributed by atoms with Crippen molar-refractivity contribution in [3.8, 4) is 11.3 Å². The van der Waals surface area contributed by atoms with Gasteiger partial charge in [0.25, 0.3) is 0 Å². The largest absolute Gasteiger partial charge is 0.324 e. The third kappa shape index (κ3) is 2.87. The number of carbonyl (C=O) groups excluding carboxylic acids is 1. The number of anilines is 1. The lowest BCUT2D eigenvalue weighted by Crippen LogP contribution is -2.19.